The summed E-state index contributed by atoms with van der Waals surface area (Å²) in [6.45, 7) is 1.65. The number of rotatable bonds is 3. The van der Waals surface area contributed by atoms with Crippen LogP contribution in [-0.2, 0) is 0 Å². The third-order valence-electron chi connectivity index (χ3n) is 4.15. The molecule has 0 amide bonds. The second-order valence-electron chi connectivity index (χ2n) is 5.91. The number of hydrogen-bond acceptors (Lipinski definition) is 5. The smallest absolute Gasteiger partial charge is 0.216 e. The fourth-order valence-corrected chi connectivity index (χ4v) is 2.89. The van der Waals surface area contributed by atoms with Gasteiger partial charge in [0.2, 0.25) is 5.88 Å². The van der Waals surface area contributed by atoms with Crippen molar-refractivity contribution in [3.63, 3.8) is 0 Å². The maximum atomic E-state index is 14.3. The Hall–Kier alpha value is -3.68. The molecule has 3 heterocycles. The van der Waals surface area contributed by atoms with E-state index in [0.717, 1.165) is 12.1 Å². The zero-order valence-corrected chi connectivity index (χ0v) is 14.0. The van der Waals surface area contributed by atoms with Gasteiger partial charge in [-0.1, -0.05) is 0 Å². The lowest BCUT2D eigenvalue weighted by molar-refractivity contribution is 0.111. The summed E-state index contributed by atoms with van der Waals surface area (Å²) < 4.78 is 28.8. The molecule has 27 heavy (non-hydrogen) atoms. The first-order valence-electron chi connectivity index (χ1n) is 7.94. The highest BCUT2D eigenvalue weighted by atomic mass is 19.1. The van der Waals surface area contributed by atoms with Gasteiger partial charge in [0.1, 0.15) is 17.3 Å². The summed E-state index contributed by atoms with van der Waals surface area (Å²) in [5.41, 5.74) is 2.31. The van der Waals surface area contributed by atoms with E-state index in [1.54, 1.807) is 13.0 Å². The van der Waals surface area contributed by atoms with Crippen LogP contribution in [0.25, 0.3) is 28.0 Å². The SMILES string of the molecule is Cc1nn2c(O)cc(-c3ccc(C=O)nc3)nc2c1-c1ccc(F)cc1F. The second-order valence-corrected chi connectivity index (χ2v) is 5.91. The van der Waals surface area contributed by atoms with Crippen molar-refractivity contribution in [3.05, 3.63) is 65.6 Å². The number of aryl methyl sites for hydroxylation is 1. The molecule has 0 fully saturated rings. The lowest BCUT2D eigenvalue weighted by Crippen LogP contribution is -1.96. The first kappa shape index (κ1) is 16.8. The van der Waals surface area contributed by atoms with E-state index in [1.165, 1.54) is 28.9 Å². The molecule has 0 aliphatic carbocycles. The van der Waals surface area contributed by atoms with E-state index in [4.69, 9.17) is 0 Å². The van der Waals surface area contributed by atoms with Crippen LogP contribution in [0.4, 0.5) is 8.78 Å². The van der Waals surface area contributed by atoms with Crippen molar-refractivity contribution in [2.75, 3.05) is 0 Å². The molecule has 0 unspecified atom stereocenters. The highest BCUT2D eigenvalue weighted by Gasteiger charge is 2.20. The molecule has 8 heteroatoms. The summed E-state index contributed by atoms with van der Waals surface area (Å²) in [6.07, 6.45) is 2.07. The molecular weight excluding hydrogens is 354 g/mol. The topological polar surface area (TPSA) is 80.4 Å². The van der Waals surface area contributed by atoms with Gasteiger partial charge >= 0.3 is 0 Å². The van der Waals surface area contributed by atoms with Crippen LogP contribution in [0.5, 0.6) is 5.88 Å². The fourth-order valence-electron chi connectivity index (χ4n) is 2.89. The zero-order valence-electron chi connectivity index (χ0n) is 14.0. The largest absolute Gasteiger partial charge is 0.493 e. The van der Waals surface area contributed by atoms with Crippen LogP contribution in [0, 0.1) is 18.6 Å². The standard InChI is InChI=1S/C19H12F2N4O2/c1-10-18(14-5-3-12(20)6-15(14)21)19-23-16(7-17(27)25(19)24-10)11-2-4-13(9-26)22-8-11/h2-9,27H,1H3. The van der Waals surface area contributed by atoms with Crippen LogP contribution in [0.3, 0.4) is 0 Å². The van der Waals surface area contributed by atoms with Gasteiger partial charge in [0.25, 0.3) is 0 Å². The van der Waals surface area contributed by atoms with Crippen molar-refractivity contribution in [1.29, 1.82) is 0 Å². The van der Waals surface area contributed by atoms with E-state index in [-0.39, 0.29) is 22.8 Å². The summed E-state index contributed by atoms with van der Waals surface area (Å²) in [5, 5.41) is 14.5. The molecule has 3 aromatic heterocycles. The number of carbonyl (C=O) groups excluding carboxylic acids is 1. The first-order valence-corrected chi connectivity index (χ1v) is 7.94. The Balaban J connectivity index is 1.96. The molecule has 4 rings (SSSR count). The number of fused-ring (bicyclic) bond motifs is 1. The van der Waals surface area contributed by atoms with Crippen LogP contribution in [0.15, 0.2) is 42.6 Å². The zero-order chi connectivity index (χ0) is 19.1. The van der Waals surface area contributed by atoms with E-state index in [1.807, 2.05) is 0 Å². The van der Waals surface area contributed by atoms with Crippen molar-refractivity contribution in [3.8, 4) is 28.3 Å². The van der Waals surface area contributed by atoms with Gasteiger partial charge in [-0.25, -0.2) is 13.8 Å². The monoisotopic (exact) mass is 366 g/mol. The van der Waals surface area contributed by atoms with Crippen molar-refractivity contribution in [1.82, 2.24) is 19.6 Å². The Labute approximate surface area is 151 Å². The van der Waals surface area contributed by atoms with Crippen molar-refractivity contribution in [2.45, 2.75) is 6.92 Å². The number of aromatic nitrogens is 4. The predicted octanol–water partition coefficient (Wildman–Crippen LogP) is 3.56. The maximum Gasteiger partial charge on any atom is 0.216 e. The molecule has 0 aliphatic rings. The van der Waals surface area contributed by atoms with Gasteiger partial charge in [-0.3, -0.25) is 9.78 Å². The lowest BCUT2D eigenvalue weighted by atomic mass is 10.1. The molecule has 0 saturated heterocycles. The number of halogens is 2. The number of hydrogen-bond donors (Lipinski definition) is 1. The molecule has 0 bridgehead atoms. The molecule has 4 aromatic rings. The number of carbonyl (C=O) groups is 1. The summed E-state index contributed by atoms with van der Waals surface area (Å²) in [5.74, 6) is -1.65. The highest BCUT2D eigenvalue weighted by Crippen LogP contribution is 2.33. The van der Waals surface area contributed by atoms with E-state index in [2.05, 4.69) is 15.1 Å². The molecule has 0 atom stereocenters. The average molecular weight is 366 g/mol. The van der Waals surface area contributed by atoms with Crippen molar-refractivity contribution < 1.29 is 18.7 Å². The van der Waals surface area contributed by atoms with Gasteiger partial charge in [-0.05, 0) is 31.2 Å². The number of aldehydes is 1. The van der Waals surface area contributed by atoms with Crippen LogP contribution in [0.1, 0.15) is 16.2 Å². The summed E-state index contributed by atoms with van der Waals surface area (Å²) >= 11 is 0. The van der Waals surface area contributed by atoms with E-state index in [0.29, 0.717) is 28.8 Å². The van der Waals surface area contributed by atoms with E-state index in [9.17, 15) is 18.7 Å². The molecule has 134 valence electrons. The number of benzene rings is 1. The van der Waals surface area contributed by atoms with Crippen LogP contribution < -0.4 is 0 Å². The molecule has 1 N–H and O–H groups in total. The maximum absolute atomic E-state index is 14.3. The van der Waals surface area contributed by atoms with Crippen LogP contribution >= 0.6 is 0 Å². The number of nitrogens with zero attached hydrogens (tertiary/aromatic N) is 4. The Kier molecular flexibility index (Phi) is 3.88. The van der Waals surface area contributed by atoms with Crippen LogP contribution in [0.2, 0.25) is 0 Å². The molecule has 1 aromatic carbocycles. The predicted molar refractivity (Wildman–Crippen MR) is 93.4 cm³/mol. The van der Waals surface area contributed by atoms with Gasteiger partial charge in [-0.2, -0.15) is 9.61 Å². The van der Waals surface area contributed by atoms with Crippen LogP contribution in [-0.4, -0.2) is 31.0 Å². The van der Waals surface area contributed by atoms with Gasteiger partial charge in [0.15, 0.2) is 11.9 Å². The van der Waals surface area contributed by atoms with Crippen molar-refractivity contribution in [2.24, 2.45) is 0 Å². The highest BCUT2D eigenvalue weighted by molar-refractivity contribution is 5.82. The molecule has 0 spiro atoms. The molecule has 0 radical (unpaired) electrons. The minimum absolute atomic E-state index is 0.127. The van der Waals surface area contributed by atoms with Gasteiger partial charge in [0, 0.05) is 29.5 Å². The second kappa shape index (κ2) is 6.24. The van der Waals surface area contributed by atoms with Crippen molar-refractivity contribution >= 4 is 11.9 Å². The Morgan fingerprint density at radius 2 is 1.96 bits per heavy atom. The Morgan fingerprint density at radius 1 is 1.15 bits per heavy atom. The lowest BCUT2D eigenvalue weighted by Gasteiger charge is -2.06. The fraction of sp³-hybridized carbons (Fsp3) is 0.0526. The Bertz CT molecular complexity index is 1190. The first-order chi connectivity index (χ1) is 13.0. The summed E-state index contributed by atoms with van der Waals surface area (Å²) in [4.78, 5) is 19.2. The van der Waals surface area contributed by atoms with Gasteiger partial charge in [-0.15, -0.1) is 0 Å². The number of pyridine rings is 1. The third-order valence-corrected chi connectivity index (χ3v) is 4.15. The summed E-state index contributed by atoms with van der Waals surface area (Å²) in [6, 6.07) is 7.78. The third kappa shape index (κ3) is 2.80. The molecule has 0 saturated carbocycles. The van der Waals surface area contributed by atoms with Gasteiger partial charge < -0.3 is 5.11 Å². The Morgan fingerprint density at radius 3 is 2.63 bits per heavy atom. The molecule has 6 nitrogen and oxygen atoms in total. The van der Waals surface area contributed by atoms with Gasteiger partial charge in [0.05, 0.1) is 17.0 Å². The quantitative estimate of drug-likeness (QED) is 0.561. The molecule has 0 aliphatic heterocycles. The minimum atomic E-state index is -0.753. The average Bonchev–Trinajstić information content (AvgIpc) is 2.98. The van der Waals surface area contributed by atoms with E-state index < -0.39 is 11.6 Å². The normalized spacial score (nSPS) is 11.1. The summed E-state index contributed by atoms with van der Waals surface area (Å²) in [7, 11) is 0. The number of aromatic hydroxyl groups is 1. The minimum Gasteiger partial charge on any atom is -0.493 e. The van der Waals surface area contributed by atoms with E-state index >= 15 is 0 Å². The molecular formula is C19H12F2N4O2.